The minimum atomic E-state index is -0.0804. The average Bonchev–Trinajstić information content (AvgIpc) is 3.12. The van der Waals surface area contributed by atoms with Crippen molar-refractivity contribution in [1.29, 1.82) is 0 Å². The highest BCUT2D eigenvalue weighted by Crippen LogP contribution is 2.28. The summed E-state index contributed by atoms with van der Waals surface area (Å²) in [6, 6.07) is 9.91. The molecule has 1 aromatic carbocycles. The molecule has 0 atom stereocenters. The van der Waals surface area contributed by atoms with Gasteiger partial charge in [-0.2, -0.15) is 5.10 Å². The van der Waals surface area contributed by atoms with Gasteiger partial charge in [-0.3, -0.25) is 4.79 Å². The molecule has 0 spiro atoms. The van der Waals surface area contributed by atoms with Gasteiger partial charge in [0.15, 0.2) is 5.65 Å². The predicted octanol–water partition coefficient (Wildman–Crippen LogP) is 3.00. The number of nitrogens with zero attached hydrogens (tertiary/aromatic N) is 5. The minimum Gasteiger partial charge on any atom is -0.310 e. The first-order chi connectivity index (χ1) is 14.2. The van der Waals surface area contributed by atoms with E-state index in [-0.39, 0.29) is 11.5 Å². The Hall–Kier alpha value is -2.51. The summed E-state index contributed by atoms with van der Waals surface area (Å²) in [7, 11) is 0. The van der Waals surface area contributed by atoms with Crippen LogP contribution < -0.4 is 5.56 Å². The first-order valence-corrected chi connectivity index (χ1v) is 10.8. The molecule has 7 heteroatoms. The van der Waals surface area contributed by atoms with E-state index in [2.05, 4.69) is 20.1 Å². The molecule has 152 valence electrons. The molecule has 5 rings (SSSR count). The number of aryl methyl sites for hydroxylation is 1. The summed E-state index contributed by atoms with van der Waals surface area (Å²) in [5, 5.41) is 10.2. The third-order valence-corrected chi connectivity index (χ3v) is 6.32. The number of piperidine rings is 2. The summed E-state index contributed by atoms with van der Waals surface area (Å²) >= 11 is 0. The quantitative estimate of drug-likeness (QED) is 0.742. The zero-order chi connectivity index (χ0) is 19.8. The number of nitrogens with one attached hydrogen (secondary N) is 1. The van der Waals surface area contributed by atoms with Crippen LogP contribution in [0.5, 0.6) is 0 Å². The van der Waals surface area contributed by atoms with E-state index >= 15 is 0 Å². The number of aromatic amines is 1. The molecule has 4 heterocycles. The minimum absolute atomic E-state index is 0.0804. The lowest BCUT2D eigenvalue weighted by Crippen LogP contribution is -2.49. The fourth-order valence-corrected chi connectivity index (χ4v) is 4.73. The van der Waals surface area contributed by atoms with Crippen LogP contribution in [0.3, 0.4) is 0 Å². The number of hydrogen-bond acceptors (Lipinski definition) is 5. The molecule has 2 fully saturated rings. The number of hydrogen-bond donors (Lipinski definition) is 1. The van der Waals surface area contributed by atoms with Gasteiger partial charge in [0.25, 0.3) is 5.56 Å². The van der Waals surface area contributed by atoms with Crippen LogP contribution in [0.25, 0.3) is 16.7 Å². The summed E-state index contributed by atoms with van der Waals surface area (Å²) in [6.07, 6.45) is 5.99. The van der Waals surface area contributed by atoms with Gasteiger partial charge >= 0.3 is 0 Å². The molecular formula is C22H28N6O. The number of aromatic nitrogens is 4. The molecule has 2 aliphatic heterocycles. The highest BCUT2D eigenvalue weighted by molar-refractivity contribution is 5.78. The van der Waals surface area contributed by atoms with Crippen LogP contribution in [0.1, 0.15) is 49.5 Å². The standard InChI is InChI=1S/C22H28N6O/c1-16-19-21(28(25-16)18-8-4-2-5-9-18)23-20(24-22(19)29)17-10-14-27(15-11-17)26-12-6-3-7-13-26/h2,4-5,8-9,17H,3,6-7,10-15H2,1H3,(H,23,24,29). The van der Waals surface area contributed by atoms with Crippen LogP contribution in [0, 0.1) is 6.92 Å². The Morgan fingerprint density at radius 1 is 0.966 bits per heavy atom. The maximum absolute atomic E-state index is 12.9. The van der Waals surface area contributed by atoms with Crippen molar-refractivity contribution in [2.45, 2.75) is 44.9 Å². The molecule has 1 N–H and O–H groups in total. The highest BCUT2D eigenvalue weighted by Gasteiger charge is 2.27. The smallest absolute Gasteiger partial charge is 0.262 e. The lowest BCUT2D eigenvalue weighted by Gasteiger charge is -2.41. The normalized spacial score (nSPS) is 19.8. The van der Waals surface area contributed by atoms with Crippen molar-refractivity contribution in [3.63, 3.8) is 0 Å². The molecule has 2 aromatic heterocycles. The Labute approximate surface area is 170 Å². The van der Waals surface area contributed by atoms with E-state index < -0.39 is 0 Å². The molecule has 0 radical (unpaired) electrons. The Balaban J connectivity index is 1.43. The molecule has 2 aliphatic rings. The van der Waals surface area contributed by atoms with Crippen molar-refractivity contribution in [2.75, 3.05) is 26.2 Å². The molecule has 0 saturated carbocycles. The zero-order valence-electron chi connectivity index (χ0n) is 17.0. The second-order valence-corrected chi connectivity index (χ2v) is 8.22. The molecule has 0 bridgehead atoms. The maximum atomic E-state index is 12.9. The van der Waals surface area contributed by atoms with Crippen LogP contribution in [-0.2, 0) is 0 Å². The van der Waals surface area contributed by atoms with Crippen LogP contribution in [-0.4, -0.2) is 55.9 Å². The number of H-pyrrole nitrogens is 1. The van der Waals surface area contributed by atoms with Crippen molar-refractivity contribution in [3.8, 4) is 5.69 Å². The van der Waals surface area contributed by atoms with E-state index in [1.165, 1.54) is 32.4 Å². The number of rotatable bonds is 3. The second-order valence-electron chi connectivity index (χ2n) is 8.22. The van der Waals surface area contributed by atoms with E-state index in [1.807, 2.05) is 37.3 Å². The molecule has 29 heavy (non-hydrogen) atoms. The summed E-state index contributed by atoms with van der Waals surface area (Å²) in [6.45, 7) is 6.30. The van der Waals surface area contributed by atoms with Gasteiger partial charge in [0.2, 0.25) is 0 Å². The highest BCUT2D eigenvalue weighted by atomic mass is 16.1. The topological polar surface area (TPSA) is 70.1 Å². The summed E-state index contributed by atoms with van der Waals surface area (Å²) in [5.41, 5.74) is 2.22. The molecule has 7 nitrogen and oxygen atoms in total. The first-order valence-electron chi connectivity index (χ1n) is 10.8. The number of hydrazine groups is 1. The van der Waals surface area contributed by atoms with Crippen molar-refractivity contribution < 1.29 is 0 Å². The third kappa shape index (κ3) is 3.49. The Morgan fingerprint density at radius 2 is 1.66 bits per heavy atom. The van der Waals surface area contributed by atoms with Gasteiger partial charge in [0, 0.05) is 32.1 Å². The van der Waals surface area contributed by atoms with E-state index in [4.69, 9.17) is 4.98 Å². The largest absolute Gasteiger partial charge is 0.310 e. The lowest BCUT2D eigenvalue weighted by atomic mass is 9.96. The van der Waals surface area contributed by atoms with Crippen LogP contribution in [0.4, 0.5) is 0 Å². The average molecular weight is 393 g/mol. The van der Waals surface area contributed by atoms with E-state index in [9.17, 15) is 4.79 Å². The van der Waals surface area contributed by atoms with Gasteiger partial charge in [0.1, 0.15) is 11.2 Å². The Kier molecular flexibility index (Phi) is 4.93. The number of fused-ring (bicyclic) bond motifs is 1. The molecule has 0 unspecified atom stereocenters. The molecule has 0 aliphatic carbocycles. The van der Waals surface area contributed by atoms with Gasteiger partial charge in [-0.1, -0.05) is 24.6 Å². The fraction of sp³-hybridized carbons (Fsp3) is 0.500. The molecule has 3 aromatic rings. The molecule has 2 saturated heterocycles. The molecular weight excluding hydrogens is 364 g/mol. The van der Waals surface area contributed by atoms with Gasteiger partial charge < -0.3 is 4.98 Å². The Bertz CT molecular complexity index is 1040. The van der Waals surface area contributed by atoms with E-state index in [0.717, 1.165) is 37.4 Å². The summed E-state index contributed by atoms with van der Waals surface area (Å²) in [4.78, 5) is 20.8. The fourth-order valence-electron chi connectivity index (χ4n) is 4.73. The molecule has 0 amide bonds. The van der Waals surface area contributed by atoms with Crippen molar-refractivity contribution in [2.24, 2.45) is 0 Å². The van der Waals surface area contributed by atoms with Gasteiger partial charge in [-0.25, -0.2) is 19.7 Å². The second kappa shape index (κ2) is 7.72. The summed E-state index contributed by atoms with van der Waals surface area (Å²) < 4.78 is 1.80. The van der Waals surface area contributed by atoms with Crippen molar-refractivity contribution >= 4 is 11.0 Å². The Morgan fingerprint density at radius 3 is 2.38 bits per heavy atom. The lowest BCUT2D eigenvalue weighted by molar-refractivity contribution is -0.0556. The maximum Gasteiger partial charge on any atom is 0.262 e. The first kappa shape index (κ1) is 18.5. The van der Waals surface area contributed by atoms with Crippen LogP contribution in [0.15, 0.2) is 35.1 Å². The van der Waals surface area contributed by atoms with Gasteiger partial charge in [0.05, 0.1) is 11.4 Å². The van der Waals surface area contributed by atoms with E-state index in [0.29, 0.717) is 16.7 Å². The summed E-state index contributed by atoms with van der Waals surface area (Å²) in [5.74, 6) is 1.09. The zero-order valence-corrected chi connectivity index (χ0v) is 17.0. The SMILES string of the molecule is Cc1nn(-c2ccccc2)c2nc(C3CCN(N4CCCCC4)CC3)[nH]c(=O)c12. The van der Waals surface area contributed by atoms with Crippen molar-refractivity contribution in [1.82, 2.24) is 29.8 Å². The number of benzene rings is 1. The third-order valence-electron chi connectivity index (χ3n) is 6.32. The van der Waals surface area contributed by atoms with Crippen LogP contribution in [0.2, 0.25) is 0 Å². The van der Waals surface area contributed by atoms with Gasteiger partial charge in [-0.15, -0.1) is 0 Å². The number of para-hydroxylation sites is 1. The van der Waals surface area contributed by atoms with Crippen molar-refractivity contribution in [3.05, 3.63) is 52.2 Å². The van der Waals surface area contributed by atoms with Crippen LogP contribution >= 0.6 is 0 Å². The van der Waals surface area contributed by atoms with Gasteiger partial charge in [-0.05, 0) is 44.7 Å². The van der Waals surface area contributed by atoms with E-state index in [1.54, 1.807) is 4.68 Å². The monoisotopic (exact) mass is 392 g/mol. The predicted molar refractivity (Wildman–Crippen MR) is 113 cm³/mol.